The van der Waals surface area contributed by atoms with Crippen molar-refractivity contribution in [2.75, 3.05) is 38.9 Å². The maximum Gasteiger partial charge on any atom is 0.298 e. The van der Waals surface area contributed by atoms with Crippen LogP contribution in [0.5, 0.6) is 11.5 Å². The molecule has 0 bridgehead atoms. The number of aromatic nitrogens is 2. The number of ether oxygens (including phenoxy) is 3. The van der Waals surface area contributed by atoms with Crippen molar-refractivity contribution < 1.29 is 32.5 Å². The number of aliphatic hydroxyl groups excluding tert-OH is 1. The SMILES string of the molecule is COc1cc2nc(C)nc(N[C@H](C)c3cccc(C(F)(F)CO)c3F)c2cc1OC[C@H]1CCOC1. The molecular formula is C25H28F3N3O4. The molecule has 1 aliphatic rings. The van der Waals surface area contributed by atoms with Crippen molar-refractivity contribution in [1.82, 2.24) is 9.97 Å². The van der Waals surface area contributed by atoms with Gasteiger partial charge in [0.05, 0.1) is 37.4 Å². The molecule has 1 aliphatic heterocycles. The molecule has 2 atom stereocenters. The van der Waals surface area contributed by atoms with Gasteiger partial charge in [-0.1, -0.05) is 12.1 Å². The summed E-state index contributed by atoms with van der Waals surface area (Å²) in [6.07, 6.45) is 0.919. The minimum atomic E-state index is -3.69. The number of benzene rings is 2. The van der Waals surface area contributed by atoms with Gasteiger partial charge in [0.15, 0.2) is 11.5 Å². The van der Waals surface area contributed by atoms with E-state index in [4.69, 9.17) is 19.3 Å². The Morgan fingerprint density at radius 1 is 1.26 bits per heavy atom. The standard InChI is InChI=1S/C25H28F3N3O4/c1-14(17-5-4-6-19(23(17)26)25(27,28)13-32)29-24-18-9-22(35-12-16-7-8-34-11-16)21(33-3)10-20(18)30-15(2)31-24/h4-6,9-10,14,16,32H,7-8,11-13H2,1-3H3,(H,29,30,31)/t14-,16+/m1/s1. The van der Waals surface area contributed by atoms with Gasteiger partial charge in [-0.05, 0) is 32.4 Å². The lowest BCUT2D eigenvalue weighted by molar-refractivity contribution is -0.0583. The van der Waals surface area contributed by atoms with E-state index in [1.54, 1.807) is 33.1 Å². The topological polar surface area (TPSA) is 85.7 Å². The van der Waals surface area contributed by atoms with Crippen molar-refractivity contribution in [1.29, 1.82) is 0 Å². The van der Waals surface area contributed by atoms with Crippen molar-refractivity contribution >= 4 is 16.7 Å². The third-order valence-corrected chi connectivity index (χ3v) is 6.03. The summed E-state index contributed by atoms with van der Waals surface area (Å²) in [5.41, 5.74) is -0.251. The highest BCUT2D eigenvalue weighted by Crippen LogP contribution is 2.37. The Hall–Kier alpha value is -3.11. The smallest absolute Gasteiger partial charge is 0.298 e. The second-order valence-corrected chi connectivity index (χ2v) is 8.62. The summed E-state index contributed by atoms with van der Waals surface area (Å²) in [6.45, 7) is 3.69. The van der Waals surface area contributed by atoms with E-state index in [0.717, 1.165) is 12.5 Å². The van der Waals surface area contributed by atoms with Crippen molar-refractivity contribution in [3.8, 4) is 11.5 Å². The maximum absolute atomic E-state index is 15.0. The van der Waals surface area contributed by atoms with E-state index in [1.165, 1.54) is 12.1 Å². The fourth-order valence-corrected chi connectivity index (χ4v) is 4.09. The first-order valence-electron chi connectivity index (χ1n) is 11.3. The zero-order valence-electron chi connectivity index (χ0n) is 19.8. The number of methoxy groups -OCH3 is 1. The summed E-state index contributed by atoms with van der Waals surface area (Å²) in [5, 5.41) is 12.7. The Kier molecular flexibility index (Phi) is 7.32. The normalized spacial score (nSPS) is 16.9. The third-order valence-electron chi connectivity index (χ3n) is 6.03. The molecule has 2 N–H and O–H groups in total. The van der Waals surface area contributed by atoms with E-state index in [1.807, 2.05) is 0 Å². The molecule has 35 heavy (non-hydrogen) atoms. The molecule has 0 radical (unpaired) electrons. The summed E-state index contributed by atoms with van der Waals surface area (Å²) >= 11 is 0. The third kappa shape index (κ3) is 5.28. The number of halogens is 3. The quantitative estimate of drug-likeness (QED) is 0.447. The largest absolute Gasteiger partial charge is 0.493 e. The van der Waals surface area contributed by atoms with Crippen LogP contribution < -0.4 is 14.8 Å². The van der Waals surface area contributed by atoms with E-state index < -0.39 is 30.0 Å². The van der Waals surface area contributed by atoms with Crippen molar-refractivity contribution in [3.63, 3.8) is 0 Å². The number of nitrogens with zero attached hydrogens (tertiary/aromatic N) is 2. The maximum atomic E-state index is 15.0. The fraction of sp³-hybridized carbons (Fsp3) is 0.440. The number of aliphatic hydroxyl groups is 1. The molecular weight excluding hydrogens is 463 g/mol. The molecule has 4 rings (SSSR count). The molecule has 3 aromatic rings. The van der Waals surface area contributed by atoms with Crippen LogP contribution in [0.1, 0.15) is 36.3 Å². The number of anilines is 1. The van der Waals surface area contributed by atoms with Gasteiger partial charge < -0.3 is 24.6 Å². The molecule has 7 nitrogen and oxygen atoms in total. The van der Waals surface area contributed by atoms with Crippen LogP contribution in [-0.4, -0.2) is 48.6 Å². The number of nitrogens with one attached hydrogen (secondary N) is 1. The number of alkyl halides is 2. The molecule has 1 saturated heterocycles. The van der Waals surface area contributed by atoms with E-state index in [0.29, 0.717) is 53.9 Å². The summed E-state index contributed by atoms with van der Waals surface area (Å²) in [7, 11) is 1.54. The van der Waals surface area contributed by atoms with Crippen LogP contribution in [0.15, 0.2) is 30.3 Å². The van der Waals surface area contributed by atoms with Gasteiger partial charge >= 0.3 is 0 Å². The molecule has 2 heterocycles. The van der Waals surface area contributed by atoms with E-state index in [-0.39, 0.29) is 11.5 Å². The van der Waals surface area contributed by atoms with Crippen molar-refractivity contribution in [2.24, 2.45) is 5.92 Å². The van der Waals surface area contributed by atoms with Gasteiger partial charge in [-0.3, -0.25) is 0 Å². The molecule has 0 unspecified atom stereocenters. The van der Waals surface area contributed by atoms with Gasteiger partial charge in [0.25, 0.3) is 5.92 Å². The summed E-state index contributed by atoms with van der Waals surface area (Å²) in [5.74, 6) is -2.60. The fourth-order valence-electron chi connectivity index (χ4n) is 4.09. The van der Waals surface area contributed by atoms with E-state index >= 15 is 4.39 Å². The summed E-state index contributed by atoms with van der Waals surface area (Å²) < 4.78 is 59.9. The first-order chi connectivity index (χ1) is 16.7. The molecule has 10 heteroatoms. The Labute approximate surface area is 201 Å². The minimum Gasteiger partial charge on any atom is -0.493 e. The molecule has 0 saturated carbocycles. The first-order valence-corrected chi connectivity index (χ1v) is 11.3. The predicted molar refractivity (Wildman–Crippen MR) is 125 cm³/mol. The van der Waals surface area contributed by atoms with Crippen LogP contribution in [0, 0.1) is 18.7 Å². The summed E-state index contributed by atoms with van der Waals surface area (Å²) in [6, 6.07) is 6.50. The van der Waals surface area contributed by atoms with Gasteiger partial charge in [-0.15, -0.1) is 0 Å². The average molecular weight is 492 g/mol. The van der Waals surface area contributed by atoms with Crippen LogP contribution in [0.3, 0.4) is 0 Å². The number of hydrogen-bond acceptors (Lipinski definition) is 7. The van der Waals surface area contributed by atoms with Crippen LogP contribution in [0.25, 0.3) is 10.9 Å². The lowest BCUT2D eigenvalue weighted by Gasteiger charge is -2.21. The monoisotopic (exact) mass is 491 g/mol. The van der Waals surface area contributed by atoms with Gasteiger partial charge in [0.1, 0.15) is 24.1 Å². The zero-order chi connectivity index (χ0) is 25.2. The van der Waals surface area contributed by atoms with Crippen LogP contribution in [-0.2, 0) is 10.7 Å². The highest BCUT2D eigenvalue weighted by molar-refractivity contribution is 5.92. The average Bonchev–Trinajstić information content (AvgIpc) is 3.36. The van der Waals surface area contributed by atoms with E-state index in [9.17, 15) is 8.78 Å². The van der Waals surface area contributed by atoms with Gasteiger partial charge in [0, 0.05) is 29.5 Å². The first kappa shape index (κ1) is 25.0. The van der Waals surface area contributed by atoms with Gasteiger partial charge in [-0.25, -0.2) is 14.4 Å². The van der Waals surface area contributed by atoms with E-state index in [2.05, 4.69) is 15.3 Å². The van der Waals surface area contributed by atoms with Crippen molar-refractivity contribution in [3.05, 3.63) is 53.1 Å². The van der Waals surface area contributed by atoms with Crippen molar-refractivity contribution in [2.45, 2.75) is 32.2 Å². The molecule has 188 valence electrons. The molecule has 0 aliphatic carbocycles. The lowest BCUT2D eigenvalue weighted by Crippen LogP contribution is -2.22. The van der Waals surface area contributed by atoms with Crippen LogP contribution in [0.2, 0.25) is 0 Å². The number of hydrogen-bond donors (Lipinski definition) is 2. The Bertz CT molecular complexity index is 1200. The predicted octanol–water partition coefficient (Wildman–Crippen LogP) is 4.76. The Balaban J connectivity index is 1.68. The van der Waals surface area contributed by atoms with Gasteiger partial charge in [-0.2, -0.15) is 8.78 Å². The highest BCUT2D eigenvalue weighted by Gasteiger charge is 2.35. The zero-order valence-corrected chi connectivity index (χ0v) is 19.8. The molecule has 0 spiro atoms. The Morgan fingerprint density at radius 2 is 2.06 bits per heavy atom. The number of fused-ring (bicyclic) bond motifs is 1. The summed E-state index contributed by atoms with van der Waals surface area (Å²) in [4.78, 5) is 8.94. The van der Waals surface area contributed by atoms with Crippen LogP contribution >= 0.6 is 0 Å². The molecule has 1 fully saturated rings. The van der Waals surface area contributed by atoms with Crippen LogP contribution in [0.4, 0.5) is 19.0 Å². The second-order valence-electron chi connectivity index (χ2n) is 8.62. The Morgan fingerprint density at radius 3 is 2.74 bits per heavy atom. The minimum absolute atomic E-state index is 0.0197. The second kappa shape index (κ2) is 10.2. The highest BCUT2D eigenvalue weighted by atomic mass is 19.3. The number of aryl methyl sites for hydroxylation is 1. The number of rotatable bonds is 9. The molecule has 2 aromatic carbocycles. The lowest BCUT2D eigenvalue weighted by atomic mass is 10.00. The van der Waals surface area contributed by atoms with Gasteiger partial charge in [0.2, 0.25) is 0 Å². The molecule has 1 aromatic heterocycles. The molecule has 0 amide bonds.